The molecule has 0 aliphatic heterocycles. The fraction of sp³-hybridized carbons (Fsp3) is 0.455. The second-order valence-corrected chi connectivity index (χ2v) is 3.47. The Bertz CT molecular complexity index is 223. The van der Waals surface area contributed by atoms with Crippen LogP contribution in [0.1, 0.15) is 26.3 Å². The van der Waals surface area contributed by atoms with Crippen molar-refractivity contribution in [2.24, 2.45) is 0 Å². The minimum absolute atomic E-state index is 1.09. The Labute approximate surface area is 86.1 Å². The van der Waals surface area contributed by atoms with Crippen LogP contribution in [-0.2, 0) is 0 Å². The Morgan fingerprint density at radius 1 is 1.31 bits per heavy atom. The average molecular weight is 197 g/mol. The third kappa shape index (κ3) is 5.58. The van der Waals surface area contributed by atoms with Crippen LogP contribution >= 0.6 is 11.9 Å². The van der Waals surface area contributed by atoms with Crippen LogP contribution < -0.4 is 4.72 Å². The van der Waals surface area contributed by atoms with Crippen LogP contribution in [0.15, 0.2) is 24.3 Å². The summed E-state index contributed by atoms with van der Waals surface area (Å²) < 4.78 is 3.25. The summed E-state index contributed by atoms with van der Waals surface area (Å²) in [7, 11) is 0. The Balaban J connectivity index is 0.000000671. The number of rotatable bonds is 3. The van der Waals surface area contributed by atoms with Gasteiger partial charge in [-0.3, -0.25) is 0 Å². The zero-order valence-electron chi connectivity index (χ0n) is 8.92. The summed E-state index contributed by atoms with van der Waals surface area (Å²) in [4.78, 5) is 0. The van der Waals surface area contributed by atoms with Gasteiger partial charge in [-0.05, 0) is 24.6 Å². The third-order valence-electron chi connectivity index (χ3n) is 1.35. The van der Waals surface area contributed by atoms with Crippen molar-refractivity contribution in [3.8, 4) is 0 Å². The van der Waals surface area contributed by atoms with E-state index < -0.39 is 0 Å². The topological polar surface area (TPSA) is 12.0 Å². The first-order valence-corrected chi connectivity index (χ1v) is 5.76. The van der Waals surface area contributed by atoms with E-state index in [0.717, 1.165) is 5.75 Å². The summed E-state index contributed by atoms with van der Waals surface area (Å²) in [5.41, 5.74) is 2.49. The zero-order chi connectivity index (χ0) is 10.1. The van der Waals surface area contributed by atoms with Gasteiger partial charge in [0.25, 0.3) is 0 Å². The lowest BCUT2D eigenvalue weighted by Crippen LogP contribution is -1.86. The van der Waals surface area contributed by atoms with Crippen molar-refractivity contribution >= 4 is 17.6 Å². The summed E-state index contributed by atoms with van der Waals surface area (Å²) in [5, 5.41) is 0. The first-order valence-electron chi connectivity index (χ1n) is 4.77. The first-order chi connectivity index (χ1) is 6.33. The van der Waals surface area contributed by atoms with Gasteiger partial charge < -0.3 is 4.72 Å². The quantitative estimate of drug-likeness (QED) is 0.732. The number of hydrogen-bond acceptors (Lipinski definition) is 2. The molecule has 0 bridgehead atoms. The number of benzene rings is 1. The highest BCUT2D eigenvalue weighted by atomic mass is 32.2. The predicted octanol–water partition coefficient (Wildman–Crippen LogP) is 4.10. The number of hydrogen-bond donors (Lipinski definition) is 1. The molecule has 0 atom stereocenters. The lowest BCUT2D eigenvalue weighted by molar-refractivity contribution is 1.47. The molecule has 0 amide bonds. The zero-order valence-corrected chi connectivity index (χ0v) is 9.74. The van der Waals surface area contributed by atoms with Crippen LogP contribution in [0.25, 0.3) is 0 Å². The highest BCUT2D eigenvalue weighted by molar-refractivity contribution is 8.00. The van der Waals surface area contributed by atoms with E-state index in [1.807, 2.05) is 13.8 Å². The molecule has 0 saturated carbocycles. The number of anilines is 1. The fourth-order valence-electron chi connectivity index (χ4n) is 0.864. The molecular weight excluding hydrogens is 178 g/mol. The largest absolute Gasteiger partial charge is 0.330 e. The maximum Gasteiger partial charge on any atom is 0.0442 e. The molecule has 1 N–H and O–H groups in total. The van der Waals surface area contributed by atoms with E-state index in [1.54, 1.807) is 11.9 Å². The molecule has 1 rings (SSSR count). The third-order valence-corrected chi connectivity index (χ3v) is 2.02. The van der Waals surface area contributed by atoms with E-state index in [0.29, 0.717) is 0 Å². The summed E-state index contributed by atoms with van der Waals surface area (Å²) in [6, 6.07) is 8.38. The summed E-state index contributed by atoms with van der Waals surface area (Å²) in [6.45, 7) is 8.23. The molecule has 0 heterocycles. The van der Waals surface area contributed by atoms with Crippen LogP contribution in [0.5, 0.6) is 0 Å². The summed E-state index contributed by atoms with van der Waals surface area (Å²) in [6.07, 6.45) is 0. The molecule has 0 aromatic heterocycles. The van der Waals surface area contributed by atoms with Crippen LogP contribution in [0.3, 0.4) is 0 Å². The maximum atomic E-state index is 3.25. The molecule has 1 nitrogen and oxygen atoms in total. The van der Waals surface area contributed by atoms with Crippen molar-refractivity contribution in [3.63, 3.8) is 0 Å². The van der Waals surface area contributed by atoms with Gasteiger partial charge in [0.15, 0.2) is 0 Å². The van der Waals surface area contributed by atoms with Crippen molar-refractivity contribution in [1.82, 2.24) is 0 Å². The monoisotopic (exact) mass is 197 g/mol. The van der Waals surface area contributed by atoms with Crippen molar-refractivity contribution in [3.05, 3.63) is 29.8 Å². The Morgan fingerprint density at radius 2 is 2.00 bits per heavy atom. The van der Waals surface area contributed by atoms with Gasteiger partial charge in [0.2, 0.25) is 0 Å². The highest BCUT2D eigenvalue weighted by Gasteiger charge is 1.89. The molecule has 1 aromatic carbocycles. The van der Waals surface area contributed by atoms with Gasteiger partial charge in [-0.2, -0.15) is 0 Å². The number of aryl methyl sites for hydroxylation is 1. The molecule has 13 heavy (non-hydrogen) atoms. The van der Waals surface area contributed by atoms with Gasteiger partial charge in [0.05, 0.1) is 0 Å². The summed E-state index contributed by atoms with van der Waals surface area (Å²) >= 11 is 1.72. The Hall–Kier alpha value is -0.630. The minimum atomic E-state index is 1.09. The van der Waals surface area contributed by atoms with E-state index in [2.05, 4.69) is 42.8 Å². The van der Waals surface area contributed by atoms with E-state index in [4.69, 9.17) is 0 Å². The molecule has 0 spiro atoms. The smallest absolute Gasteiger partial charge is 0.0442 e. The van der Waals surface area contributed by atoms with Crippen LogP contribution in [0.4, 0.5) is 5.69 Å². The van der Waals surface area contributed by atoms with E-state index in [-0.39, 0.29) is 0 Å². The van der Waals surface area contributed by atoms with E-state index in [1.165, 1.54) is 11.3 Å². The van der Waals surface area contributed by atoms with Crippen LogP contribution in [0.2, 0.25) is 0 Å². The normalized spacial score (nSPS) is 8.62. The Kier molecular flexibility index (Phi) is 7.60. The van der Waals surface area contributed by atoms with E-state index >= 15 is 0 Å². The second-order valence-electron chi connectivity index (χ2n) is 2.40. The molecule has 0 saturated heterocycles. The van der Waals surface area contributed by atoms with Crippen molar-refractivity contribution in [1.29, 1.82) is 0 Å². The van der Waals surface area contributed by atoms with Crippen molar-refractivity contribution < 1.29 is 0 Å². The summed E-state index contributed by atoms with van der Waals surface area (Å²) in [5.74, 6) is 1.09. The lowest BCUT2D eigenvalue weighted by Gasteiger charge is -2.03. The second kappa shape index (κ2) is 7.99. The molecule has 2 heteroatoms. The standard InChI is InChI=1S/C9H13NS.C2H6/c1-3-11-10-9-6-4-5-8(2)7-9;1-2/h4-7,10H,3H2,1-2H3;1-2H3. The fourth-order valence-corrected chi connectivity index (χ4v) is 1.30. The van der Waals surface area contributed by atoms with Gasteiger partial charge >= 0.3 is 0 Å². The van der Waals surface area contributed by atoms with Crippen molar-refractivity contribution in [2.45, 2.75) is 27.7 Å². The average Bonchev–Trinajstić information content (AvgIpc) is 2.18. The van der Waals surface area contributed by atoms with E-state index in [9.17, 15) is 0 Å². The van der Waals surface area contributed by atoms with Gasteiger partial charge in [0.1, 0.15) is 0 Å². The maximum absolute atomic E-state index is 3.25. The Morgan fingerprint density at radius 3 is 2.54 bits per heavy atom. The van der Waals surface area contributed by atoms with Gasteiger partial charge in [-0.1, -0.05) is 44.9 Å². The molecule has 74 valence electrons. The van der Waals surface area contributed by atoms with Gasteiger partial charge in [-0.25, -0.2) is 0 Å². The first kappa shape index (κ1) is 12.4. The van der Waals surface area contributed by atoms with Gasteiger partial charge in [0, 0.05) is 11.4 Å². The molecule has 0 aliphatic carbocycles. The molecule has 1 aromatic rings. The lowest BCUT2D eigenvalue weighted by atomic mass is 10.2. The van der Waals surface area contributed by atoms with Crippen molar-refractivity contribution in [2.75, 3.05) is 10.5 Å². The SMILES string of the molecule is CC.CCSNc1cccc(C)c1. The minimum Gasteiger partial charge on any atom is -0.330 e. The molecule has 0 radical (unpaired) electrons. The molecular formula is C11H19NS. The molecule has 0 unspecified atom stereocenters. The molecule has 0 fully saturated rings. The number of nitrogens with one attached hydrogen (secondary N) is 1. The van der Waals surface area contributed by atoms with Gasteiger partial charge in [-0.15, -0.1) is 0 Å². The molecule has 0 aliphatic rings. The van der Waals surface area contributed by atoms with Crippen LogP contribution in [0, 0.1) is 6.92 Å². The predicted molar refractivity (Wildman–Crippen MR) is 64.3 cm³/mol. The highest BCUT2D eigenvalue weighted by Crippen LogP contribution is 2.13. The van der Waals surface area contributed by atoms with Crippen LogP contribution in [-0.4, -0.2) is 5.75 Å².